The fourth-order valence-corrected chi connectivity index (χ4v) is 2.51. The molecule has 7 heteroatoms. The van der Waals surface area contributed by atoms with E-state index in [2.05, 4.69) is 10.6 Å². The molecule has 0 saturated heterocycles. The van der Waals surface area contributed by atoms with Crippen LogP contribution in [0.1, 0.15) is 31.1 Å². The quantitative estimate of drug-likeness (QED) is 0.714. The number of anilines is 2. The van der Waals surface area contributed by atoms with Gasteiger partial charge < -0.3 is 20.5 Å². The summed E-state index contributed by atoms with van der Waals surface area (Å²) >= 11 is 0. The monoisotopic (exact) mass is 377 g/mol. The second kappa shape index (κ2) is 8.13. The Kier molecular flexibility index (Phi) is 5.45. The Bertz CT molecular complexity index is 1050. The van der Waals surface area contributed by atoms with E-state index in [-0.39, 0.29) is 28.1 Å². The average Bonchev–Trinajstić information content (AvgIpc) is 2.69. The summed E-state index contributed by atoms with van der Waals surface area (Å²) in [5.41, 5.74) is 0.863. The molecule has 0 fully saturated rings. The number of rotatable bonds is 5. The van der Waals surface area contributed by atoms with Gasteiger partial charge in [0.2, 0.25) is 0 Å². The van der Waals surface area contributed by atoms with Crippen molar-refractivity contribution in [3.8, 4) is 0 Å². The third-order valence-corrected chi connectivity index (χ3v) is 3.88. The summed E-state index contributed by atoms with van der Waals surface area (Å²) in [4.78, 5) is 35.9. The predicted octanol–water partition coefficient (Wildman–Crippen LogP) is 2.69. The number of aromatic carboxylic acids is 1. The van der Waals surface area contributed by atoms with Crippen LogP contribution >= 0.6 is 0 Å². The van der Waals surface area contributed by atoms with Gasteiger partial charge in [-0.25, -0.2) is 4.39 Å². The molecule has 3 aromatic rings. The zero-order valence-corrected chi connectivity index (χ0v) is 14.4. The van der Waals surface area contributed by atoms with E-state index in [9.17, 15) is 23.9 Å². The van der Waals surface area contributed by atoms with Gasteiger partial charge in [-0.2, -0.15) is 0 Å². The van der Waals surface area contributed by atoms with Crippen molar-refractivity contribution in [3.05, 3.63) is 95.3 Å². The summed E-state index contributed by atoms with van der Waals surface area (Å²) in [6, 6.07) is 17.0. The fraction of sp³-hybridized carbons (Fsp3) is 0. The van der Waals surface area contributed by atoms with E-state index in [1.807, 2.05) is 0 Å². The lowest BCUT2D eigenvalue weighted by Crippen LogP contribution is -2.22. The number of carboxylic acid groups (broad SMARTS) is 1. The summed E-state index contributed by atoms with van der Waals surface area (Å²) in [7, 11) is 0. The Balaban J connectivity index is 1.80. The Labute approximate surface area is 159 Å². The molecule has 2 N–H and O–H groups in total. The van der Waals surface area contributed by atoms with Crippen LogP contribution in [0, 0.1) is 5.82 Å². The highest BCUT2D eigenvalue weighted by Crippen LogP contribution is 2.19. The second-order valence-electron chi connectivity index (χ2n) is 5.83. The summed E-state index contributed by atoms with van der Waals surface area (Å²) in [5.74, 6) is -2.86. The van der Waals surface area contributed by atoms with E-state index in [1.165, 1.54) is 42.5 Å². The molecule has 0 aliphatic rings. The molecular weight excluding hydrogens is 363 g/mol. The van der Waals surface area contributed by atoms with Crippen LogP contribution in [0.5, 0.6) is 0 Å². The number of amides is 2. The van der Waals surface area contributed by atoms with E-state index >= 15 is 0 Å². The topological polar surface area (TPSA) is 98.3 Å². The van der Waals surface area contributed by atoms with Gasteiger partial charge in [-0.3, -0.25) is 9.59 Å². The van der Waals surface area contributed by atoms with E-state index in [1.54, 1.807) is 18.2 Å². The highest BCUT2D eigenvalue weighted by atomic mass is 19.1. The number of hydrogen-bond donors (Lipinski definition) is 2. The molecule has 0 aromatic heterocycles. The van der Waals surface area contributed by atoms with Gasteiger partial charge in [-0.15, -0.1) is 0 Å². The molecule has 0 spiro atoms. The minimum absolute atomic E-state index is 0.0734. The van der Waals surface area contributed by atoms with Crippen molar-refractivity contribution in [2.45, 2.75) is 0 Å². The van der Waals surface area contributed by atoms with Crippen molar-refractivity contribution >= 4 is 29.2 Å². The average molecular weight is 377 g/mol. The van der Waals surface area contributed by atoms with Gasteiger partial charge in [0.1, 0.15) is 5.82 Å². The molecule has 3 aromatic carbocycles. The van der Waals surface area contributed by atoms with Gasteiger partial charge in [0.25, 0.3) is 11.8 Å². The number of carbonyl (C=O) groups excluding carboxylic acids is 3. The van der Waals surface area contributed by atoms with Crippen molar-refractivity contribution < 1.29 is 23.9 Å². The van der Waals surface area contributed by atoms with Crippen molar-refractivity contribution in [3.63, 3.8) is 0 Å². The number of benzene rings is 3. The van der Waals surface area contributed by atoms with Crippen LogP contribution in [0.3, 0.4) is 0 Å². The standard InChI is InChI=1S/C21H15FN2O4/c22-15-10-8-13(9-11-15)19(25)24-18-7-2-1-6-17(18)20(26)23-16-5-3-4-14(12-16)21(27)28/h1-12H,(H,23,26)(H,24,25)(H,27,28)/p-1. The maximum Gasteiger partial charge on any atom is 0.257 e. The maximum absolute atomic E-state index is 13.0. The summed E-state index contributed by atoms with van der Waals surface area (Å²) < 4.78 is 13.0. The lowest BCUT2D eigenvalue weighted by molar-refractivity contribution is -0.255. The molecule has 0 atom stereocenters. The van der Waals surface area contributed by atoms with Crippen LogP contribution in [0.15, 0.2) is 72.8 Å². The number of nitrogens with one attached hydrogen (secondary N) is 2. The van der Waals surface area contributed by atoms with Crippen molar-refractivity contribution in [2.75, 3.05) is 10.6 Å². The van der Waals surface area contributed by atoms with E-state index in [4.69, 9.17) is 0 Å². The summed E-state index contributed by atoms with van der Waals surface area (Å²) in [6.07, 6.45) is 0. The minimum atomic E-state index is -1.36. The van der Waals surface area contributed by atoms with Crippen molar-refractivity contribution in [2.24, 2.45) is 0 Å². The minimum Gasteiger partial charge on any atom is -0.545 e. The summed E-state index contributed by atoms with van der Waals surface area (Å²) in [5, 5.41) is 16.1. The van der Waals surface area contributed by atoms with E-state index in [0.717, 1.165) is 12.1 Å². The van der Waals surface area contributed by atoms with Gasteiger partial charge in [0.05, 0.1) is 17.2 Å². The first-order valence-electron chi connectivity index (χ1n) is 8.23. The van der Waals surface area contributed by atoms with Gasteiger partial charge in [-0.05, 0) is 54.1 Å². The van der Waals surface area contributed by atoms with E-state index < -0.39 is 23.6 Å². The molecule has 0 bridgehead atoms. The molecule has 0 heterocycles. The van der Waals surface area contributed by atoms with Crippen LogP contribution in [-0.2, 0) is 0 Å². The normalized spacial score (nSPS) is 10.2. The molecular formula is C21H14FN2O4-. The van der Waals surface area contributed by atoms with Crippen LogP contribution in [0.2, 0.25) is 0 Å². The molecule has 0 aliphatic carbocycles. The first kappa shape index (κ1) is 18.8. The van der Waals surface area contributed by atoms with Crippen molar-refractivity contribution in [1.82, 2.24) is 0 Å². The molecule has 0 saturated carbocycles. The SMILES string of the molecule is O=C([O-])c1cccc(NC(=O)c2ccccc2NC(=O)c2ccc(F)cc2)c1. The van der Waals surface area contributed by atoms with Gasteiger partial charge in [0.15, 0.2) is 0 Å². The molecule has 140 valence electrons. The lowest BCUT2D eigenvalue weighted by Gasteiger charge is -2.12. The smallest absolute Gasteiger partial charge is 0.257 e. The molecule has 2 amide bonds. The van der Waals surface area contributed by atoms with Crippen LogP contribution in [0.4, 0.5) is 15.8 Å². The highest BCUT2D eigenvalue weighted by molar-refractivity contribution is 6.12. The van der Waals surface area contributed by atoms with Crippen LogP contribution < -0.4 is 15.7 Å². The second-order valence-corrected chi connectivity index (χ2v) is 5.83. The number of halogens is 1. The number of para-hydroxylation sites is 1. The summed E-state index contributed by atoms with van der Waals surface area (Å²) in [6.45, 7) is 0. The van der Waals surface area contributed by atoms with Crippen LogP contribution in [-0.4, -0.2) is 17.8 Å². The van der Waals surface area contributed by atoms with Gasteiger partial charge in [-0.1, -0.05) is 24.3 Å². The Hall–Kier alpha value is -4.00. The predicted molar refractivity (Wildman–Crippen MR) is 99.5 cm³/mol. The van der Waals surface area contributed by atoms with Gasteiger partial charge >= 0.3 is 0 Å². The lowest BCUT2D eigenvalue weighted by atomic mass is 10.1. The molecule has 0 unspecified atom stereocenters. The van der Waals surface area contributed by atoms with Crippen LogP contribution in [0.25, 0.3) is 0 Å². The Morgan fingerprint density at radius 3 is 2.18 bits per heavy atom. The molecule has 6 nitrogen and oxygen atoms in total. The van der Waals surface area contributed by atoms with Gasteiger partial charge in [0, 0.05) is 11.3 Å². The molecule has 0 aliphatic heterocycles. The zero-order valence-electron chi connectivity index (χ0n) is 14.4. The Morgan fingerprint density at radius 1 is 0.750 bits per heavy atom. The first-order valence-corrected chi connectivity index (χ1v) is 8.23. The first-order chi connectivity index (χ1) is 13.4. The number of carbonyl (C=O) groups is 3. The fourth-order valence-electron chi connectivity index (χ4n) is 2.51. The molecule has 3 rings (SSSR count). The number of carboxylic acids is 1. The maximum atomic E-state index is 13.0. The third kappa shape index (κ3) is 4.39. The third-order valence-electron chi connectivity index (χ3n) is 3.88. The van der Waals surface area contributed by atoms with Crippen molar-refractivity contribution in [1.29, 1.82) is 0 Å². The zero-order chi connectivity index (χ0) is 20.1. The van der Waals surface area contributed by atoms with E-state index in [0.29, 0.717) is 0 Å². The Morgan fingerprint density at radius 2 is 1.46 bits per heavy atom. The molecule has 28 heavy (non-hydrogen) atoms. The highest BCUT2D eigenvalue weighted by Gasteiger charge is 2.14. The molecule has 0 radical (unpaired) electrons. The number of hydrogen-bond acceptors (Lipinski definition) is 4. The largest absolute Gasteiger partial charge is 0.545 e.